The molecule has 0 saturated heterocycles. The molecule has 8 atom stereocenters. The Balaban J connectivity index is 1.57. The summed E-state index contributed by atoms with van der Waals surface area (Å²) in [6, 6.07) is 0. The highest BCUT2D eigenvalue weighted by molar-refractivity contribution is 5.81. The summed E-state index contributed by atoms with van der Waals surface area (Å²) >= 11 is 0. The number of ether oxygens (including phenoxy) is 2. The summed E-state index contributed by atoms with van der Waals surface area (Å²) in [6.45, 7) is 18.5. The van der Waals surface area contributed by atoms with E-state index in [0.717, 1.165) is 51.4 Å². The van der Waals surface area contributed by atoms with E-state index in [0.29, 0.717) is 11.8 Å². The molecule has 0 bridgehead atoms. The summed E-state index contributed by atoms with van der Waals surface area (Å²) in [4.78, 5) is 25.3. The van der Waals surface area contributed by atoms with Crippen molar-refractivity contribution in [2.24, 2.45) is 50.2 Å². The van der Waals surface area contributed by atoms with Gasteiger partial charge in [0, 0.05) is 23.7 Å². The number of hydrogen-bond donors (Lipinski definition) is 0. The standard InChI is InChI=1S/C33H50O4/c1-21(34)37-26-13-14-30(6)24(29(26,4)5)12-15-32(8)25(30)11-10-22-23-20-28(2,3)16-18-33(23,27(35)36-9)19-17-31(22,32)7/h10,17,19,23-26H,11-16,18,20H2,1-9H3/t23-,24-,25+,26-,30-,31+,32+,33-/m0/s1. The summed E-state index contributed by atoms with van der Waals surface area (Å²) in [5.74, 6) is 1.07. The van der Waals surface area contributed by atoms with Gasteiger partial charge in [0.15, 0.2) is 0 Å². The van der Waals surface area contributed by atoms with Gasteiger partial charge in [0.1, 0.15) is 6.10 Å². The van der Waals surface area contributed by atoms with Crippen LogP contribution in [0.5, 0.6) is 0 Å². The minimum Gasteiger partial charge on any atom is -0.468 e. The quantitative estimate of drug-likeness (QED) is 0.282. The first-order valence-electron chi connectivity index (χ1n) is 14.7. The third-order valence-electron chi connectivity index (χ3n) is 12.9. The third kappa shape index (κ3) is 3.52. The molecular weight excluding hydrogens is 460 g/mol. The number of esters is 2. The highest BCUT2D eigenvalue weighted by Gasteiger charge is 2.68. The monoisotopic (exact) mass is 510 g/mol. The number of carbonyl (C=O) groups excluding carboxylic acids is 2. The van der Waals surface area contributed by atoms with Crippen LogP contribution in [0, 0.1) is 50.2 Å². The van der Waals surface area contributed by atoms with Crippen LogP contribution in [0.1, 0.15) is 107 Å². The predicted octanol–water partition coefficient (Wildman–Crippen LogP) is 7.67. The highest BCUT2D eigenvalue weighted by atomic mass is 16.5. The fourth-order valence-electron chi connectivity index (χ4n) is 10.6. The third-order valence-corrected chi connectivity index (χ3v) is 12.9. The molecule has 0 aliphatic heterocycles. The SMILES string of the molecule is COC(=O)[C@@]12C=C[C@]3(C)C(=CC[C@@H]4[C@@]5(C)CC[C@H](OC(C)=O)C(C)(C)[C@@H]5CC[C@]43C)[C@@H]1CC(C)(C)CC2. The van der Waals surface area contributed by atoms with Crippen LogP contribution >= 0.6 is 0 Å². The van der Waals surface area contributed by atoms with Crippen molar-refractivity contribution in [3.63, 3.8) is 0 Å². The molecule has 206 valence electrons. The van der Waals surface area contributed by atoms with Crippen LogP contribution in [-0.2, 0) is 19.1 Å². The van der Waals surface area contributed by atoms with Crippen molar-refractivity contribution in [3.8, 4) is 0 Å². The Bertz CT molecular complexity index is 1050. The van der Waals surface area contributed by atoms with E-state index in [-0.39, 0.29) is 51.0 Å². The zero-order valence-corrected chi connectivity index (χ0v) is 24.8. The van der Waals surface area contributed by atoms with Crippen LogP contribution in [-0.4, -0.2) is 25.2 Å². The Kier molecular flexibility index (Phi) is 5.99. The molecule has 3 saturated carbocycles. The molecule has 5 rings (SSSR count). The van der Waals surface area contributed by atoms with Crippen molar-refractivity contribution in [1.29, 1.82) is 0 Å². The van der Waals surface area contributed by atoms with Crippen LogP contribution in [0.15, 0.2) is 23.8 Å². The van der Waals surface area contributed by atoms with E-state index in [9.17, 15) is 9.59 Å². The maximum atomic E-state index is 13.4. The Morgan fingerprint density at radius 2 is 1.59 bits per heavy atom. The molecule has 5 aliphatic carbocycles. The fourth-order valence-corrected chi connectivity index (χ4v) is 10.6. The average molecular weight is 511 g/mol. The fraction of sp³-hybridized carbons (Fsp3) is 0.818. The largest absolute Gasteiger partial charge is 0.468 e. The van der Waals surface area contributed by atoms with Gasteiger partial charge in [-0.3, -0.25) is 9.59 Å². The van der Waals surface area contributed by atoms with Gasteiger partial charge < -0.3 is 9.47 Å². The number of rotatable bonds is 2. The minimum absolute atomic E-state index is 0.00238. The van der Waals surface area contributed by atoms with E-state index in [4.69, 9.17) is 9.47 Å². The Hall–Kier alpha value is -1.58. The van der Waals surface area contributed by atoms with Crippen LogP contribution < -0.4 is 0 Å². The average Bonchev–Trinajstić information content (AvgIpc) is 2.80. The first kappa shape index (κ1) is 27.0. The number of methoxy groups -OCH3 is 1. The molecule has 0 N–H and O–H groups in total. The molecule has 3 fully saturated rings. The van der Waals surface area contributed by atoms with Gasteiger partial charge >= 0.3 is 11.9 Å². The Morgan fingerprint density at radius 3 is 2.24 bits per heavy atom. The number of fused-ring (bicyclic) bond motifs is 7. The summed E-state index contributed by atoms with van der Waals surface area (Å²) in [7, 11) is 1.55. The van der Waals surface area contributed by atoms with Crippen molar-refractivity contribution < 1.29 is 19.1 Å². The van der Waals surface area contributed by atoms with Gasteiger partial charge in [-0.15, -0.1) is 0 Å². The molecule has 0 heterocycles. The van der Waals surface area contributed by atoms with Gasteiger partial charge in [0.25, 0.3) is 0 Å². The van der Waals surface area contributed by atoms with Crippen LogP contribution in [0.25, 0.3) is 0 Å². The molecule has 0 unspecified atom stereocenters. The molecule has 0 aromatic rings. The minimum atomic E-state index is -0.524. The topological polar surface area (TPSA) is 52.6 Å². The van der Waals surface area contributed by atoms with Crippen LogP contribution in [0.2, 0.25) is 0 Å². The number of allylic oxidation sites excluding steroid dienone is 3. The van der Waals surface area contributed by atoms with Gasteiger partial charge in [-0.1, -0.05) is 72.3 Å². The number of hydrogen-bond acceptors (Lipinski definition) is 4. The zero-order chi connectivity index (χ0) is 27.2. The lowest BCUT2D eigenvalue weighted by Gasteiger charge is -2.70. The zero-order valence-electron chi connectivity index (χ0n) is 24.8. The molecule has 5 aliphatic rings. The van der Waals surface area contributed by atoms with Crippen LogP contribution in [0.3, 0.4) is 0 Å². The van der Waals surface area contributed by atoms with E-state index in [1.165, 1.54) is 5.57 Å². The molecular formula is C33H50O4. The molecule has 4 heteroatoms. The smallest absolute Gasteiger partial charge is 0.316 e. The second kappa shape index (κ2) is 8.21. The lowest BCUT2D eigenvalue weighted by molar-refractivity contribution is -0.203. The molecule has 0 amide bonds. The van der Waals surface area contributed by atoms with Gasteiger partial charge in [0.2, 0.25) is 0 Å². The highest BCUT2D eigenvalue weighted by Crippen LogP contribution is 2.74. The van der Waals surface area contributed by atoms with Gasteiger partial charge in [0.05, 0.1) is 12.5 Å². The summed E-state index contributed by atoms with van der Waals surface area (Å²) in [5, 5.41) is 0. The van der Waals surface area contributed by atoms with E-state index in [2.05, 4.69) is 66.7 Å². The Morgan fingerprint density at radius 1 is 0.892 bits per heavy atom. The van der Waals surface area contributed by atoms with Crippen molar-refractivity contribution in [3.05, 3.63) is 23.8 Å². The summed E-state index contributed by atoms with van der Waals surface area (Å²) in [5.41, 5.74) is 1.39. The lowest BCUT2D eigenvalue weighted by Crippen LogP contribution is -2.64. The second-order valence-corrected chi connectivity index (χ2v) is 15.4. The van der Waals surface area contributed by atoms with E-state index in [1.54, 1.807) is 14.0 Å². The van der Waals surface area contributed by atoms with Crippen molar-refractivity contribution in [2.45, 2.75) is 113 Å². The normalized spacial score (nSPS) is 47.3. The second-order valence-electron chi connectivity index (χ2n) is 15.4. The predicted molar refractivity (Wildman–Crippen MR) is 147 cm³/mol. The molecule has 0 aromatic heterocycles. The molecule has 4 nitrogen and oxygen atoms in total. The molecule has 0 radical (unpaired) electrons. The van der Waals surface area contributed by atoms with Crippen molar-refractivity contribution in [2.75, 3.05) is 7.11 Å². The van der Waals surface area contributed by atoms with Crippen molar-refractivity contribution in [1.82, 2.24) is 0 Å². The molecule has 0 aromatic carbocycles. The molecule has 0 spiro atoms. The summed E-state index contributed by atoms with van der Waals surface area (Å²) < 4.78 is 11.3. The maximum Gasteiger partial charge on any atom is 0.316 e. The van der Waals surface area contributed by atoms with E-state index < -0.39 is 5.41 Å². The Labute approximate surface area is 225 Å². The van der Waals surface area contributed by atoms with Crippen molar-refractivity contribution >= 4 is 11.9 Å². The lowest BCUT2D eigenvalue weighted by atomic mass is 9.34. The van der Waals surface area contributed by atoms with Gasteiger partial charge in [-0.25, -0.2) is 0 Å². The van der Waals surface area contributed by atoms with Gasteiger partial charge in [-0.2, -0.15) is 0 Å². The number of carbonyl (C=O) groups is 2. The maximum absolute atomic E-state index is 13.4. The molecule has 37 heavy (non-hydrogen) atoms. The van der Waals surface area contributed by atoms with Gasteiger partial charge in [-0.05, 0) is 79.4 Å². The van der Waals surface area contributed by atoms with E-state index in [1.807, 2.05) is 0 Å². The van der Waals surface area contributed by atoms with E-state index >= 15 is 0 Å². The summed E-state index contributed by atoms with van der Waals surface area (Å²) in [6.07, 6.45) is 15.7. The van der Waals surface area contributed by atoms with Crippen LogP contribution in [0.4, 0.5) is 0 Å². The first-order chi connectivity index (χ1) is 17.1. The first-order valence-corrected chi connectivity index (χ1v) is 14.7.